The highest BCUT2D eigenvalue weighted by Gasteiger charge is 2.49. The fourth-order valence-electron chi connectivity index (χ4n) is 4.33. The third-order valence-electron chi connectivity index (χ3n) is 6.06. The highest BCUT2D eigenvalue weighted by atomic mass is 16.5. The second kappa shape index (κ2) is 8.05. The minimum atomic E-state index is -1.24. The van der Waals surface area contributed by atoms with Crippen LogP contribution in [-0.2, 0) is 16.1 Å². The van der Waals surface area contributed by atoms with Crippen molar-refractivity contribution in [2.45, 2.75) is 50.7 Å². The van der Waals surface area contributed by atoms with Crippen molar-refractivity contribution in [3.63, 3.8) is 0 Å². The monoisotopic (exact) mass is 426 g/mol. The van der Waals surface area contributed by atoms with Crippen LogP contribution in [0.3, 0.4) is 0 Å². The number of carbonyl (C=O) groups is 3. The zero-order valence-electron chi connectivity index (χ0n) is 17.9. The average Bonchev–Trinajstić information content (AvgIpc) is 3.43. The Morgan fingerprint density at radius 3 is 2.45 bits per heavy atom. The molecule has 1 aromatic carbocycles. The summed E-state index contributed by atoms with van der Waals surface area (Å²) in [7, 11) is 2.82. The number of benzene rings is 1. The summed E-state index contributed by atoms with van der Waals surface area (Å²) >= 11 is 0. The van der Waals surface area contributed by atoms with Crippen LogP contribution in [0.1, 0.15) is 53.6 Å². The van der Waals surface area contributed by atoms with E-state index in [9.17, 15) is 14.4 Å². The van der Waals surface area contributed by atoms with E-state index in [2.05, 4.69) is 10.4 Å². The van der Waals surface area contributed by atoms with Gasteiger partial charge in [-0.1, -0.05) is 12.8 Å². The summed E-state index contributed by atoms with van der Waals surface area (Å²) in [5, 5.41) is 7.34. The van der Waals surface area contributed by atoms with Crippen LogP contribution in [0.4, 0.5) is 5.69 Å². The van der Waals surface area contributed by atoms with Crippen LogP contribution in [0.2, 0.25) is 0 Å². The Labute approximate surface area is 180 Å². The van der Waals surface area contributed by atoms with E-state index in [0.717, 1.165) is 25.7 Å². The first-order valence-electron chi connectivity index (χ1n) is 10.3. The van der Waals surface area contributed by atoms with E-state index in [-0.39, 0.29) is 29.9 Å². The van der Waals surface area contributed by atoms with Crippen molar-refractivity contribution in [2.24, 2.45) is 0 Å². The van der Waals surface area contributed by atoms with Crippen molar-refractivity contribution in [1.29, 1.82) is 0 Å². The molecule has 1 aromatic heterocycles. The minimum Gasteiger partial charge on any atom is -0.497 e. The SMILES string of the molecule is COC(=O)c1cc2n(n1)C[C@](C)(C(=O)NC1CCCC1)N(c1ccc(OC)cc1)C2=O. The van der Waals surface area contributed by atoms with Crippen LogP contribution < -0.4 is 15.0 Å². The molecule has 0 saturated heterocycles. The number of hydrogen-bond donors (Lipinski definition) is 1. The molecule has 2 aliphatic rings. The topological polar surface area (TPSA) is 103 Å². The lowest BCUT2D eigenvalue weighted by molar-refractivity contribution is -0.127. The standard InChI is InChI=1S/C22H26N4O5/c1-22(21(29)23-14-6-4-5-7-14)13-25-18(12-17(24-25)20(28)31-3)19(27)26(22)15-8-10-16(30-2)11-9-15/h8-12,14H,4-7,13H2,1-3H3,(H,23,29)/t22-/m1/s1. The average molecular weight is 426 g/mol. The first-order chi connectivity index (χ1) is 14.9. The van der Waals surface area contributed by atoms with E-state index in [0.29, 0.717) is 11.4 Å². The maximum absolute atomic E-state index is 13.6. The summed E-state index contributed by atoms with van der Waals surface area (Å²) in [5.41, 5.74) is -0.425. The van der Waals surface area contributed by atoms with Crippen molar-refractivity contribution >= 4 is 23.5 Å². The van der Waals surface area contributed by atoms with Crippen LogP contribution in [-0.4, -0.2) is 53.4 Å². The maximum atomic E-state index is 13.6. The molecule has 2 aromatic rings. The van der Waals surface area contributed by atoms with Crippen molar-refractivity contribution in [1.82, 2.24) is 15.1 Å². The number of esters is 1. The van der Waals surface area contributed by atoms with E-state index in [4.69, 9.17) is 9.47 Å². The number of aromatic nitrogens is 2. The van der Waals surface area contributed by atoms with Gasteiger partial charge in [-0.25, -0.2) is 4.79 Å². The van der Waals surface area contributed by atoms with Gasteiger partial charge in [-0.15, -0.1) is 0 Å². The quantitative estimate of drug-likeness (QED) is 0.735. The molecule has 2 heterocycles. The highest BCUT2D eigenvalue weighted by molar-refractivity contribution is 6.12. The fraction of sp³-hybridized carbons (Fsp3) is 0.455. The molecule has 0 radical (unpaired) electrons. The van der Waals surface area contributed by atoms with Crippen LogP contribution >= 0.6 is 0 Å². The van der Waals surface area contributed by atoms with E-state index in [1.807, 2.05) is 0 Å². The second-order valence-corrected chi connectivity index (χ2v) is 8.13. The van der Waals surface area contributed by atoms with Gasteiger partial charge >= 0.3 is 5.97 Å². The molecule has 1 saturated carbocycles. The largest absolute Gasteiger partial charge is 0.497 e. The Morgan fingerprint density at radius 2 is 1.84 bits per heavy atom. The summed E-state index contributed by atoms with van der Waals surface area (Å²) in [6, 6.07) is 8.46. The molecule has 0 bridgehead atoms. The van der Waals surface area contributed by atoms with E-state index in [1.54, 1.807) is 38.3 Å². The van der Waals surface area contributed by atoms with Crippen LogP contribution in [0.15, 0.2) is 30.3 Å². The van der Waals surface area contributed by atoms with Crippen LogP contribution in [0.25, 0.3) is 0 Å². The molecule has 1 aliphatic carbocycles. The Morgan fingerprint density at radius 1 is 1.16 bits per heavy atom. The van der Waals surface area contributed by atoms with Gasteiger partial charge in [0, 0.05) is 17.8 Å². The Balaban J connectivity index is 1.76. The van der Waals surface area contributed by atoms with Gasteiger partial charge in [0.1, 0.15) is 17.0 Å². The second-order valence-electron chi connectivity index (χ2n) is 8.13. The van der Waals surface area contributed by atoms with Gasteiger partial charge in [0.2, 0.25) is 5.91 Å². The Hall–Kier alpha value is -3.36. The minimum absolute atomic E-state index is 0.0287. The Bertz CT molecular complexity index is 1010. The molecule has 31 heavy (non-hydrogen) atoms. The summed E-state index contributed by atoms with van der Waals surface area (Å²) in [5.74, 6) is -0.654. The number of fused-ring (bicyclic) bond motifs is 1. The van der Waals surface area contributed by atoms with Gasteiger partial charge in [0.15, 0.2) is 5.69 Å². The summed E-state index contributed by atoms with van der Waals surface area (Å²) in [6.45, 7) is 1.83. The number of amides is 2. The van der Waals surface area contributed by atoms with Crippen molar-refractivity contribution < 1.29 is 23.9 Å². The van der Waals surface area contributed by atoms with Gasteiger partial charge in [-0.2, -0.15) is 5.10 Å². The molecule has 2 amide bonds. The van der Waals surface area contributed by atoms with E-state index < -0.39 is 17.4 Å². The highest BCUT2D eigenvalue weighted by Crippen LogP contribution is 2.34. The molecule has 1 fully saturated rings. The molecule has 9 heteroatoms. The summed E-state index contributed by atoms with van der Waals surface area (Å²) in [6.07, 6.45) is 4.01. The number of methoxy groups -OCH3 is 2. The van der Waals surface area contributed by atoms with Gasteiger partial charge in [-0.3, -0.25) is 19.2 Å². The van der Waals surface area contributed by atoms with E-state index >= 15 is 0 Å². The molecule has 4 rings (SSSR count). The number of carbonyl (C=O) groups excluding carboxylic acids is 3. The van der Waals surface area contributed by atoms with E-state index in [1.165, 1.54) is 22.8 Å². The van der Waals surface area contributed by atoms with Gasteiger partial charge < -0.3 is 14.8 Å². The smallest absolute Gasteiger partial charge is 0.358 e. The Kier molecular flexibility index (Phi) is 5.43. The predicted octanol–water partition coefficient (Wildman–Crippen LogP) is 2.16. The first kappa shape index (κ1) is 20.9. The zero-order chi connectivity index (χ0) is 22.2. The normalized spacial score (nSPS) is 21.0. The van der Waals surface area contributed by atoms with Gasteiger partial charge in [0.05, 0.1) is 20.8 Å². The lowest BCUT2D eigenvalue weighted by Gasteiger charge is -2.43. The maximum Gasteiger partial charge on any atom is 0.358 e. The molecule has 1 N–H and O–H groups in total. The molecule has 1 aliphatic heterocycles. The number of ether oxygens (including phenoxy) is 2. The fourth-order valence-corrected chi connectivity index (χ4v) is 4.33. The van der Waals surface area contributed by atoms with Crippen LogP contribution in [0, 0.1) is 0 Å². The number of nitrogens with one attached hydrogen (secondary N) is 1. The van der Waals surface area contributed by atoms with Crippen molar-refractivity contribution in [3.05, 3.63) is 41.7 Å². The summed E-state index contributed by atoms with van der Waals surface area (Å²) < 4.78 is 11.4. The zero-order valence-corrected chi connectivity index (χ0v) is 17.9. The molecular formula is C22H26N4O5. The van der Waals surface area contributed by atoms with Gasteiger partial charge in [0.25, 0.3) is 5.91 Å². The molecule has 1 atom stereocenters. The van der Waals surface area contributed by atoms with Gasteiger partial charge in [-0.05, 0) is 44.0 Å². The lowest BCUT2D eigenvalue weighted by atomic mass is 9.93. The predicted molar refractivity (Wildman–Crippen MR) is 112 cm³/mol. The third-order valence-corrected chi connectivity index (χ3v) is 6.06. The van der Waals surface area contributed by atoms with Crippen molar-refractivity contribution in [2.75, 3.05) is 19.1 Å². The molecule has 0 spiro atoms. The molecule has 0 unspecified atom stereocenters. The number of nitrogens with zero attached hydrogens (tertiary/aromatic N) is 3. The number of anilines is 1. The lowest BCUT2D eigenvalue weighted by Crippen LogP contribution is -2.65. The number of rotatable bonds is 5. The summed E-state index contributed by atoms with van der Waals surface area (Å²) in [4.78, 5) is 40.5. The number of hydrogen-bond acceptors (Lipinski definition) is 6. The molecule has 164 valence electrons. The molecule has 9 nitrogen and oxygen atoms in total. The third kappa shape index (κ3) is 3.64. The van der Waals surface area contributed by atoms with Crippen molar-refractivity contribution in [3.8, 4) is 5.75 Å². The first-order valence-corrected chi connectivity index (χ1v) is 10.3. The van der Waals surface area contributed by atoms with Crippen LogP contribution in [0.5, 0.6) is 5.75 Å². The molecular weight excluding hydrogens is 400 g/mol.